The van der Waals surface area contributed by atoms with Crippen molar-refractivity contribution in [3.05, 3.63) is 23.2 Å². The van der Waals surface area contributed by atoms with Crippen molar-refractivity contribution in [3.8, 4) is 5.75 Å². The fourth-order valence-corrected chi connectivity index (χ4v) is 1.80. The number of ether oxygens (including phenoxy) is 1. The number of hydrogen-bond donors (Lipinski definition) is 4. The van der Waals surface area contributed by atoms with Crippen molar-refractivity contribution in [1.82, 2.24) is 10.6 Å². The lowest BCUT2D eigenvalue weighted by molar-refractivity contribution is -0.136. The summed E-state index contributed by atoms with van der Waals surface area (Å²) in [4.78, 5) is 33.4. The molecule has 0 aliphatic heterocycles. The van der Waals surface area contributed by atoms with Crippen LogP contribution in [-0.2, 0) is 9.59 Å². The number of carbonyl (C=O) groups is 3. The molecule has 1 aromatic carbocycles. The monoisotopic (exact) mass is 343 g/mol. The SMILES string of the molecule is COc1ccc(Cl)cc1NC(=O)CCNC(=O)NCCC(=O)O. The lowest BCUT2D eigenvalue weighted by Crippen LogP contribution is -2.38. The highest BCUT2D eigenvalue weighted by molar-refractivity contribution is 6.31. The summed E-state index contributed by atoms with van der Waals surface area (Å²) >= 11 is 5.86. The number of amides is 3. The molecule has 0 radical (unpaired) electrons. The van der Waals surface area contributed by atoms with Crippen LogP contribution >= 0.6 is 11.6 Å². The van der Waals surface area contributed by atoms with Gasteiger partial charge in [-0.15, -0.1) is 0 Å². The third-order valence-corrected chi connectivity index (χ3v) is 2.93. The molecular weight excluding hydrogens is 326 g/mol. The highest BCUT2D eigenvalue weighted by Gasteiger charge is 2.09. The number of methoxy groups -OCH3 is 1. The van der Waals surface area contributed by atoms with Crippen LogP contribution in [0.2, 0.25) is 5.02 Å². The van der Waals surface area contributed by atoms with Gasteiger partial charge in [-0.2, -0.15) is 0 Å². The molecule has 0 atom stereocenters. The quantitative estimate of drug-likeness (QED) is 0.570. The fraction of sp³-hybridized carbons (Fsp3) is 0.357. The summed E-state index contributed by atoms with van der Waals surface area (Å²) in [6, 6.07) is 4.30. The molecule has 23 heavy (non-hydrogen) atoms. The Labute approximate surface area is 138 Å². The van der Waals surface area contributed by atoms with Crippen molar-refractivity contribution in [2.75, 3.05) is 25.5 Å². The molecule has 3 amide bonds. The van der Waals surface area contributed by atoms with Crippen molar-refractivity contribution in [1.29, 1.82) is 0 Å². The standard InChI is InChI=1S/C14H18ClN3O5/c1-23-11-3-2-9(15)8-10(11)18-12(19)4-6-16-14(22)17-7-5-13(20)21/h2-3,8H,4-7H2,1H3,(H,18,19)(H,20,21)(H2,16,17,22). The zero-order chi connectivity index (χ0) is 17.2. The number of carbonyl (C=O) groups excluding carboxylic acids is 2. The Kier molecular flexibility index (Phi) is 7.69. The van der Waals surface area contributed by atoms with Gasteiger partial charge in [0.1, 0.15) is 5.75 Å². The minimum absolute atomic E-state index is 0.0209. The summed E-state index contributed by atoms with van der Waals surface area (Å²) in [6.45, 7) is 0.126. The number of hydrogen-bond acceptors (Lipinski definition) is 4. The van der Waals surface area contributed by atoms with Gasteiger partial charge in [0.25, 0.3) is 0 Å². The first-order valence-electron chi connectivity index (χ1n) is 6.79. The van der Waals surface area contributed by atoms with Crippen molar-refractivity contribution in [2.45, 2.75) is 12.8 Å². The number of urea groups is 1. The first kappa shape index (κ1) is 18.6. The molecule has 8 nitrogen and oxygen atoms in total. The second kappa shape index (κ2) is 9.52. The molecule has 0 bridgehead atoms. The Hall–Kier alpha value is -2.48. The number of benzene rings is 1. The maximum absolute atomic E-state index is 11.8. The molecule has 0 aromatic heterocycles. The molecule has 0 saturated carbocycles. The maximum atomic E-state index is 11.8. The van der Waals surface area contributed by atoms with E-state index >= 15 is 0 Å². The van der Waals surface area contributed by atoms with Gasteiger partial charge >= 0.3 is 12.0 Å². The van der Waals surface area contributed by atoms with E-state index in [0.29, 0.717) is 16.5 Å². The van der Waals surface area contributed by atoms with Gasteiger partial charge in [0, 0.05) is 24.5 Å². The second-order valence-electron chi connectivity index (χ2n) is 4.47. The molecule has 0 unspecified atom stereocenters. The van der Waals surface area contributed by atoms with Crippen molar-refractivity contribution < 1.29 is 24.2 Å². The van der Waals surface area contributed by atoms with Crippen molar-refractivity contribution in [2.24, 2.45) is 0 Å². The number of carboxylic acid groups (broad SMARTS) is 1. The maximum Gasteiger partial charge on any atom is 0.314 e. The minimum atomic E-state index is -1.000. The van der Waals surface area contributed by atoms with E-state index in [4.69, 9.17) is 21.4 Å². The molecule has 4 N–H and O–H groups in total. The predicted molar refractivity (Wildman–Crippen MR) is 84.9 cm³/mol. The minimum Gasteiger partial charge on any atom is -0.495 e. The summed E-state index contributed by atoms with van der Waals surface area (Å²) < 4.78 is 5.11. The molecule has 1 aromatic rings. The van der Waals surface area contributed by atoms with Gasteiger partial charge in [-0.25, -0.2) is 4.79 Å². The molecule has 0 fully saturated rings. The first-order chi connectivity index (χ1) is 10.9. The summed E-state index contributed by atoms with van der Waals surface area (Å²) in [5.41, 5.74) is 0.441. The number of carboxylic acids is 1. The van der Waals surface area contributed by atoms with E-state index in [1.807, 2.05) is 0 Å². The van der Waals surface area contributed by atoms with Crippen LogP contribution in [0.4, 0.5) is 10.5 Å². The first-order valence-corrected chi connectivity index (χ1v) is 7.17. The molecular formula is C14H18ClN3O5. The summed E-state index contributed by atoms with van der Waals surface area (Å²) in [5.74, 6) is -0.848. The molecule has 1 rings (SSSR count). The van der Waals surface area contributed by atoms with E-state index in [9.17, 15) is 14.4 Å². The van der Waals surface area contributed by atoms with Crippen LogP contribution < -0.4 is 20.7 Å². The van der Waals surface area contributed by atoms with Crippen LogP contribution in [0, 0.1) is 0 Å². The molecule has 9 heteroatoms. The van der Waals surface area contributed by atoms with Crippen molar-refractivity contribution in [3.63, 3.8) is 0 Å². The largest absolute Gasteiger partial charge is 0.495 e. The van der Waals surface area contributed by atoms with E-state index in [0.717, 1.165) is 0 Å². The molecule has 0 saturated heterocycles. The Morgan fingerprint density at radius 3 is 2.43 bits per heavy atom. The average molecular weight is 344 g/mol. The summed E-state index contributed by atoms with van der Waals surface area (Å²) in [5, 5.41) is 16.3. The smallest absolute Gasteiger partial charge is 0.314 e. The Bertz CT molecular complexity index is 580. The van der Waals surface area contributed by atoms with E-state index in [-0.39, 0.29) is 31.8 Å². The second-order valence-corrected chi connectivity index (χ2v) is 4.91. The Balaban J connectivity index is 2.33. The molecule has 0 aliphatic carbocycles. The average Bonchev–Trinajstić information content (AvgIpc) is 2.47. The zero-order valence-electron chi connectivity index (χ0n) is 12.5. The van der Waals surface area contributed by atoms with E-state index in [1.54, 1.807) is 18.2 Å². The highest BCUT2D eigenvalue weighted by atomic mass is 35.5. The predicted octanol–water partition coefficient (Wildman–Crippen LogP) is 1.45. The van der Waals surface area contributed by atoms with Gasteiger partial charge in [-0.1, -0.05) is 11.6 Å². The van der Waals surface area contributed by atoms with Crippen LogP contribution in [0.1, 0.15) is 12.8 Å². The van der Waals surface area contributed by atoms with Crippen LogP contribution in [0.15, 0.2) is 18.2 Å². The topological polar surface area (TPSA) is 117 Å². The summed E-state index contributed by atoms with van der Waals surface area (Å²) in [6.07, 6.45) is -0.121. The van der Waals surface area contributed by atoms with Crippen LogP contribution in [-0.4, -0.2) is 43.2 Å². The molecule has 0 spiro atoms. The third kappa shape index (κ3) is 7.37. The van der Waals surface area contributed by atoms with E-state index in [2.05, 4.69) is 16.0 Å². The van der Waals surface area contributed by atoms with Gasteiger partial charge in [0.15, 0.2) is 0 Å². The molecule has 0 heterocycles. The van der Waals surface area contributed by atoms with Crippen molar-refractivity contribution >= 4 is 35.2 Å². The lowest BCUT2D eigenvalue weighted by atomic mass is 10.2. The van der Waals surface area contributed by atoms with E-state index in [1.165, 1.54) is 7.11 Å². The number of aliphatic carboxylic acids is 1. The lowest BCUT2D eigenvalue weighted by Gasteiger charge is -2.11. The summed E-state index contributed by atoms with van der Waals surface area (Å²) in [7, 11) is 1.47. The number of halogens is 1. The molecule has 0 aliphatic rings. The third-order valence-electron chi connectivity index (χ3n) is 2.70. The van der Waals surface area contributed by atoms with E-state index < -0.39 is 12.0 Å². The number of rotatable bonds is 8. The molecule has 126 valence electrons. The highest BCUT2D eigenvalue weighted by Crippen LogP contribution is 2.27. The van der Waals surface area contributed by atoms with Crippen LogP contribution in [0.25, 0.3) is 0 Å². The number of nitrogens with one attached hydrogen (secondary N) is 3. The van der Waals surface area contributed by atoms with Crippen LogP contribution in [0.3, 0.4) is 0 Å². The van der Waals surface area contributed by atoms with Gasteiger partial charge in [-0.3, -0.25) is 9.59 Å². The normalized spacial score (nSPS) is 9.83. The Morgan fingerprint density at radius 2 is 1.83 bits per heavy atom. The zero-order valence-corrected chi connectivity index (χ0v) is 13.3. The van der Waals surface area contributed by atoms with Gasteiger partial charge < -0.3 is 25.8 Å². The van der Waals surface area contributed by atoms with Gasteiger partial charge in [0.2, 0.25) is 5.91 Å². The Morgan fingerprint density at radius 1 is 1.17 bits per heavy atom. The van der Waals surface area contributed by atoms with Gasteiger partial charge in [-0.05, 0) is 18.2 Å². The van der Waals surface area contributed by atoms with Crippen LogP contribution in [0.5, 0.6) is 5.75 Å². The van der Waals surface area contributed by atoms with Gasteiger partial charge in [0.05, 0.1) is 19.2 Å². The number of anilines is 1. The fourth-order valence-electron chi connectivity index (χ4n) is 1.63.